The maximum atomic E-state index is 14.3. The van der Waals surface area contributed by atoms with Gasteiger partial charge in [-0.1, -0.05) is 6.07 Å². The maximum absolute atomic E-state index is 14.3. The summed E-state index contributed by atoms with van der Waals surface area (Å²) in [6.45, 7) is -1.71. The molecule has 1 N–H and O–H groups in total. The summed E-state index contributed by atoms with van der Waals surface area (Å²) >= 11 is 1.11. The van der Waals surface area contributed by atoms with Gasteiger partial charge in [0.15, 0.2) is 0 Å². The summed E-state index contributed by atoms with van der Waals surface area (Å²) in [5.74, 6) is -1.51. The van der Waals surface area contributed by atoms with Crippen LogP contribution >= 0.6 is 11.3 Å². The third-order valence-corrected chi connectivity index (χ3v) is 6.53. The van der Waals surface area contributed by atoms with E-state index in [-0.39, 0.29) is 16.7 Å². The number of halogens is 6. The van der Waals surface area contributed by atoms with Gasteiger partial charge in [0.05, 0.1) is 28.5 Å². The van der Waals surface area contributed by atoms with Crippen molar-refractivity contribution >= 4 is 27.5 Å². The number of alkyl halides is 5. The third-order valence-electron chi connectivity index (χ3n) is 5.45. The molecule has 4 aromatic rings. The SMILES string of the molecule is O=C(c1cnn(CC(F)(F)F)c1C(F)F)N1CCc2[nH]cnc2[C@H]1c1nc2c(F)cccc2s1. The molecule has 5 rings (SSSR count). The van der Waals surface area contributed by atoms with Gasteiger partial charge in [0.1, 0.15) is 34.6 Å². The minimum atomic E-state index is -4.81. The lowest BCUT2D eigenvalue weighted by Gasteiger charge is -2.33. The number of thiazole rings is 1. The van der Waals surface area contributed by atoms with E-state index in [1.807, 2.05) is 0 Å². The molecule has 0 bridgehead atoms. The van der Waals surface area contributed by atoms with Crippen molar-refractivity contribution in [1.82, 2.24) is 29.6 Å². The number of benzene rings is 1. The predicted octanol–water partition coefficient (Wildman–Crippen LogP) is 4.64. The fraction of sp³-hybridized carbons (Fsp3) is 0.300. The number of rotatable bonds is 4. The van der Waals surface area contributed by atoms with Gasteiger partial charge in [-0.25, -0.2) is 23.1 Å². The fourth-order valence-corrected chi connectivity index (χ4v) is 5.13. The molecule has 14 heteroatoms. The Morgan fingerprint density at radius 2 is 2.09 bits per heavy atom. The quantitative estimate of drug-likeness (QED) is 0.414. The molecule has 1 aliphatic heterocycles. The second-order valence-corrected chi connectivity index (χ2v) is 8.64. The molecule has 34 heavy (non-hydrogen) atoms. The second-order valence-electron chi connectivity index (χ2n) is 7.57. The van der Waals surface area contributed by atoms with Crippen molar-refractivity contribution in [2.24, 2.45) is 0 Å². The molecule has 0 fully saturated rings. The number of imidazole rings is 1. The molecule has 1 atom stereocenters. The van der Waals surface area contributed by atoms with Crippen molar-refractivity contribution < 1.29 is 31.1 Å². The molecule has 0 unspecified atom stereocenters. The Bertz CT molecular complexity index is 1380. The minimum absolute atomic E-state index is 0.0459. The average molecular weight is 500 g/mol. The zero-order valence-electron chi connectivity index (χ0n) is 17.0. The number of nitrogens with one attached hydrogen (secondary N) is 1. The molecule has 178 valence electrons. The normalized spacial score (nSPS) is 16.4. The first-order valence-corrected chi connectivity index (χ1v) is 10.7. The highest BCUT2D eigenvalue weighted by Crippen LogP contribution is 2.39. The molecule has 1 aromatic carbocycles. The number of hydrogen-bond acceptors (Lipinski definition) is 5. The number of amides is 1. The highest BCUT2D eigenvalue weighted by molar-refractivity contribution is 7.18. The van der Waals surface area contributed by atoms with E-state index in [0.29, 0.717) is 33.7 Å². The topological polar surface area (TPSA) is 79.7 Å². The zero-order valence-corrected chi connectivity index (χ0v) is 17.8. The molecular weight excluding hydrogens is 486 g/mol. The standard InChI is InChI=1S/C20H14F6N6OS/c21-10-2-1-3-12-13(10)30-18(34-12)16-14-11(27-8-28-14)4-5-31(16)19(33)9-6-29-32(7-20(24,25)26)15(9)17(22)23/h1-3,6,8,16-17H,4-5,7H2,(H,27,28)/t16-/m0/s1. The highest BCUT2D eigenvalue weighted by atomic mass is 32.1. The smallest absolute Gasteiger partial charge is 0.348 e. The van der Waals surface area contributed by atoms with Crippen LogP contribution < -0.4 is 0 Å². The molecule has 0 saturated heterocycles. The number of para-hydroxylation sites is 1. The van der Waals surface area contributed by atoms with Crippen LogP contribution in [0.2, 0.25) is 0 Å². The van der Waals surface area contributed by atoms with Crippen LogP contribution in [0, 0.1) is 5.82 Å². The number of carbonyl (C=O) groups excluding carboxylic acids is 1. The highest BCUT2D eigenvalue weighted by Gasteiger charge is 2.40. The molecule has 7 nitrogen and oxygen atoms in total. The summed E-state index contributed by atoms with van der Waals surface area (Å²) in [4.78, 5) is 26.2. The summed E-state index contributed by atoms with van der Waals surface area (Å²) in [7, 11) is 0. The van der Waals surface area contributed by atoms with Crippen LogP contribution in [0.4, 0.5) is 26.3 Å². The molecule has 3 aromatic heterocycles. The summed E-state index contributed by atoms with van der Waals surface area (Å²) in [6, 6.07) is 3.44. The molecule has 4 heterocycles. The van der Waals surface area contributed by atoms with E-state index in [1.165, 1.54) is 23.4 Å². The van der Waals surface area contributed by atoms with E-state index in [2.05, 4.69) is 20.1 Å². The van der Waals surface area contributed by atoms with Crippen LogP contribution in [0.1, 0.15) is 44.9 Å². The van der Waals surface area contributed by atoms with E-state index in [1.54, 1.807) is 6.07 Å². The van der Waals surface area contributed by atoms with Crippen molar-refractivity contribution in [3.05, 3.63) is 64.2 Å². The molecule has 1 amide bonds. The maximum Gasteiger partial charge on any atom is 0.408 e. The van der Waals surface area contributed by atoms with E-state index in [0.717, 1.165) is 11.3 Å². The predicted molar refractivity (Wildman–Crippen MR) is 108 cm³/mol. The molecular formula is C20H14F6N6OS. The first kappa shape index (κ1) is 22.4. The van der Waals surface area contributed by atoms with E-state index in [4.69, 9.17) is 0 Å². The third kappa shape index (κ3) is 3.81. The van der Waals surface area contributed by atoms with Gasteiger partial charge in [-0.15, -0.1) is 11.3 Å². The number of carbonyl (C=O) groups is 1. The molecule has 0 radical (unpaired) electrons. The van der Waals surface area contributed by atoms with Gasteiger partial charge in [-0.2, -0.15) is 18.3 Å². The van der Waals surface area contributed by atoms with E-state index in [9.17, 15) is 31.1 Å². The number of H-pyrrole nitrogens is 1. The van der Waals surface area contributed by atoms with Gasteiger partial charge < -0.3 is 9.88 Å². The Morgan fingerprint density at radius 3 is 2.79 bits per heavy atom. The van der Waals surface area contributed by atoms with Gasteiger partial charge in [0.25, 0.3) is 12.3 Å². The number of hydrogen-bond donors (Lipinski definition) is 1. The fourth-order valence-electron chi connectivity index (χ4n) is 4.03. The number of fused-ring (bicyclic) bond motifs is 2. The monoisotopic (exact) mass is 500 g/mol. The summed E-state index contributed by atoms with van der Waals surface area (Å²) in [6.07, 6.45) is -5.75. The van der Waals surface area contributed by atoms with Crippen molar-refractivity contribution in [1.29, 1.82) is 0 Å². The van der Waals surface area contributed by atoms with Crippen molar-refractivity contribution in [3.8, 4) is 0 Å². The molecule has 0 aliphatic carbocycles. The van der Waals surface area contributed by atoms with Gasteiger partial charge in [0, 0.05) is 18.7 Å². The summed E-state index contributed by atoms with van der Waals surface area (Å²) < 4.78 is 80.9. The van der Waals surface area contributed by atoms with Crippen LogP contribution in [0.5, 0.6) is 0 Å². The lowest BCUT2D eigenvalue weighted by molar-refractivity contribution is -0.143. The second kappa shape index (κ2) is 8.11. The van der Waals surface area contributed by atoms with E-state index >= 15 is 0 Å². The number of aromatic amines is 1. The summed E-state index contributed by atoms with van der Waals surface area (Å²) in [5.41, 5.74) is -0.584. The Balaban J connectivity index is 1.60. The minimum Gasteiger partial charge on any atom is -0.348 e. The van der Waals surface area contributed by atoms with Gasteiger partial charge in [0.2, 0.25) is 0 Å². The molecule has 1 aliphatic rings. The van der Waals surface area contributed by atoms with Crippen LogP contribution in [0.15, 0.2) is 30.7 Å². The first-order chi connectivity index (χ1) is 16.1. The van der Waals surface area contributed by atoms with Gasteiger partial charge in [-0.3, -0.25) is 9.48 Å². The largest absolute Gasteiger partial charge is 0.408 e. The van der Waals surface area contributed by atoms with Crippen LogP contribution in [0.25, 0.3) is 10.2 Å². The number of aromatic nitrogens is 5. The number of nitrogens with zero attached hydrogens (tertiary/aromatic N) is 5. The van der Waals surface area contributed by atoms with Crippen molar-refractivity contribution in [2.75, 3.05) is 6.54 Å². The Kier molecular flexibility index (Phi) is 5.34. The Labute approximate surface area is 191 Å². The van der Waals surface area contributed by atoms with Crippen LogP contribution in [0.3, 0.4) is 0 Å². The Hall–Kier alpha value is -3.42. The van der Waals surface area contributed by atoms with Crippen molar-refractivity contribution in [2.45, 2.75) is 31.6 Å². The zero-order chi connectivity index (χ0) is 24.2. The lowest BCUT2D eigenvalue weighted by Crippen LogP contribution is -2.41. The van der Waals surface area contributed by atoms with Crippen LogP contribution in [-0.2, 0) is 13.0 Å². The first-order valence-electron chi connectivity index (χ1n) is 9.92. The van der Waals surface area contributed by atoms with Crippen LogP contribution in [-0.4, -0.2) is 48.3 Å². The van der Waals surface area contributed by atoms with E-state index < -0.39 is 48.2 Å². The molecule has 0 spiro atoms. The van der Waals surface area contributed by atoms with Gasteiger partial charge >= 0.3 is 6.18 Å². The average Bonchev–Trinajstić information content (AvgIpc) is 3.49. The Morgan fingerprint density at radius 1 is 1.29 bits per heavy atom. The van der Waals surface area contributed by atoms with Gasteiger partial charge in [-0.05, 0) is 12.1 Å². The summed E-state index contributed by atoms with van der Waals surface area (Å²) in [5, 5.41) is 3.70. The lowest BCUT2D eigenvalue weighted by atomic mass is 10.0. The molecule has 0 saturated carbocycles. The van der Waals surface area contributed by atoms with Crippen molar-refractivity contribution in [3.63, 3.8) is 0 Å².